The number of amides is 3. The molecule has 1 fully saturated rings. The Labute approximate surface area is 254 Å². The molecular formula is C32H46N4O7. The van der Waals surface area contributed by atoms with Crippen LogP contribution >= 0.6 is 0 Å². The zero-order valence-corrected chi connectivity index (χ0v) is 25.6. The summed E-state index contributed by atoms with van der Waals surface area (Å²) in [4.78, 5) is 53.5. The maximum Gasteiger partial charge on any atom is 0.324 e. The van der Waals surface area contributed by atoms with Crippen molar-refractivity contribution in [3.05, 3.63) is 54.1 Å². The fraction of sp³-hybridized carbons (Fsp3) is 0.562. The molecular weight excluding hydrogens is 552 g/mol. The van der Waals surface area contributed by atoms with E-state index in [9.17, 15) is 24.3 Å². The molecule has 0 spiro atoms. The summed E-state index contributed by atoms with van der Waals surface area (Å²) in [5.74, 6) is -2.47. The van der Waals surface area contributed by atoms with E-state index in [1.807, 2.05) is 38.2 Å². The highest BCUT2D eigenvalue weighted by molar-refractivity contribution is 5.93. The van der Waals surface area contributed by atoms with E-state index in [-0.39, 0.29) is 36.7 Å². The van der Waals surface area contributed by atoms with E-state index in [1.165, 1.54) is 17.1 Å². The zero-order chi connectivity index (χ0) is 31.4. The van der Waals surface area contributed by atoms with Crippen molar-refractivity contribution in [1.29, 1.82) is 0 Å². The topological polar surface area (TPSA) is 146 Å². The van der Waals surface area contributed by atoms with Gasteiger partial charge in [-0.3, -0.25) is 24.2 Å². The molecule has 5 atom stereocenters. The Hall–Kier alpha value is -3.70. The number of hydrogen-bond acceptors (Lipinski definition) is 8. The second kappa shape index (κ2) is 16.8. The number of nitrogens with zero attached hydrogens (tertiary/aromatic N) is 1. The van der Waals surface area contributed by atoms with Gasteiger partial charge in [0.2, 0.25) is 11.8 Å². The van der Waals surface area contributed by atoms with E-state index in [2.05, 4.69) is 16.1 Å². The molecule has 0 aromatic heterocycles. The predicted molar refractivity (Wildman–Crippen MR) is 161 cm³/mol. The second-order valence-corrected chi connectivity index (χ2v) is 11.4. The summed E-state index contributed by atoms with van der Waals surface area (Å²) >= 11 is 0. The number of allylic oxidation sites excluding steroid dienone is 3. The average molecular weight is 599 g/mol. The highest BCUT2D eigenvalue weighted by Crippen LogP contribution is 2.18. The van der Waals surface area contributed by atoms with Gasteiger partial charge in [0, 0.05) is 20.1 Å². The molecule has 1 aromatic carbocycles. The Balaban J connectivity index is 1.90. The van der Waals surface area contributed by atoms with Crippen LogP contribution in [0.4, 0.5) is 0 Å². The van der Waals surface area contributed by atoms with Crippen molar-refractivity contribution in [1.82, 2.24) is 21.1 Å². The molecule has 0 radical (unpaired) electrons. The van der Waals surface area contributed by atoms with Crippen LogP contribution in [-0.4, -0.2) is 78.3 Å². The Kier molecular flexibility index (Phi) is 13.2. The van der Waals surface area contributed by atoms with Crippen LogP contribution < -0.4 is 16.1 Å². The first-order valence-corrected chi connectivity index (χ1v) is 15.1. The Morgan fingerprint density at radius 3 is 2.49 bits per heavy atom. The van der Waals surface area contributed by atoms with Crippen LogP contribution in [0.3, 0.4) is 0 Å². The molecule has 2 heterocycles. The number of carbonyl (C=O) groups is 4. The van der Waals surface area contributed by atoms with E-state index >= 15 is 0 Å². The summed E-state index contributed by atoms with van der Waals surface area (Å²) in [6.45, 7) is 5.96. The normalized spacial score (nSPS) is 28.6. The van der Waals surface area contributed by atoms with Crippen LogP contribution in [0.5, 0.6) is 5.75 Å². The van der Waals surface area contributed by atoms with E-state index < -0.39 is 41.8 Å². The predicted octanol–water partition coefficient (Wildman–Crippen LogP) is 2.55. The minimum Gasteiger partial charge on any atom is -0.508 e. The molecule has 1 saturated heterocycles. The van der Waals surface area contributed by atoms with Gasteiger partial charge in [-0.05, 0) is 55.7 Å². The molecule has 2 aliphatic rings. The minimum atomic E-state index is -1.03. The molecule has 2 bridgehead atoms. The number of aromatic hydroxyl groups is 1. The first kappa shape index (κ1) is 33.8. The first-order valence-electron chi connectivity index (χ1n) is 15.1. The van der Waals surface area contributed by atoms with Gasteiger partial charge in [0.1, 0.15) is 23.9 Å². The maximum absolute atomic E-state index is 13.8. The van der Waals surface area contributed by atoms with Crippen LogP contribution in [0.25, 0.3) is 0 Å². The van der Waals surface area contributed by atoms with Crippen molar-refractivity contribution >= 4 is 23.7 Å². The highest BCUT2D eigenvalue weighted by atomic mass is 16.5. The fourth-order valence-electron chi connectivity index (χ4n) is 5.18. The fourth-order valence-corrected chi connectivity index (χ4v) is 5.18. The largest absolute Gasteiger partial charge is 0.508 e. The lowest BCUT2D eigenvalue weighted by Gasteiger charge is -2.35. The molecule has 0 unspecified atom stereocenters. The van der Waals surface area contributed by atoms with Crippen molar-refractivity contribution in [2.75, 3.05) is 20.3 Å². The number of nitrogens with one attached hydrogen (secondary N) is 3. The van der Waals surface area contributed by atoms with Crippen molar-refractivity contribution < 1.29 is 33.8 Å². The lowest BCUT2D eigenvalue weighted by atomic mass is 9.96. The molecule has 4 N–H and O–H groups in total. The third kappa shape index (κ3) is 10.2. The Bertz CT molecular complexity index is 1170. The van der Waals surface area contributed by atoms with Gasteiger partial charge >= 0.3 is 5.97 Å². The number of esters is 1. The molecule has 236 valence electrons. The van der Waals surface area contributed by atoms with Crippen LogP contribution in [0.15, 0.2) is 48.6 Å². The number of carbonyl (C=O) groups excluding carboxylic acids is 4. The summed E-state index contributed by atoms with van der Waals surface area (Å²) in [6, 6.07) is 3.82. The Morgan fingerprint density at radius 2 is 1.79 bits per heavy atom. The number of hydrazine groups is 1. The molecule has 43 heavy (non-hydrogen) atoms. The van der Waals surface area contributed by atoms with Crippen LogP contribution in [0, 0.1) is 11.8 Å². The standard InChI is InChI=1S/C32H46N4O7/c1-21(2)28-30(39)33-26(20-23-13-11-14-24(37)19-23)31(40)36-17-12-15-25(35-36)32(41)43-18-10-8-6-5-7-9-16-27(42-4)22(3)29(38)34-28/h5-8,11,13-14,19,21-22,25-28,35,37H,9-10,12,15-18,20H2,1-4H3,(H,33,39)(H,34,38)/b7-5-,8-6+/t22-,25+,26+,27-,28+/m1/s1. The molecule has 11 nitrogen and oxygen atoms in total. The molecule has 3 rings (SSSR count). The monoisotopic (exact) mass is 598 g/mol. The second-order valence-electron chi connectivity index (χ2n) is 11.4. The number of fused-ring (bicyclic) bond motifs is 2. The molecule has 1 aromatic rings. The van der Waals surface area contributed by atoms with Crippen LogP contribution in [0.2, 0.25) is 0 Å². The van der Waals surface area contributed by atoms with Gasteiger partial charge in [-0.15, -0.1) is 0 Å². The number of rotatable bonds is 4. The molecule has 0 aliphatic carbocycles. The van der Waals surface area contributed by atoms with E-state index in [0.717, 1.165) is 0 Å². The van der Waals surface area contributed by atoms with Gasteiger partial charge in [-0.1, -0.05) is 57.2 Å². The van der Waals surface area contributed by atoms with Gasteiger partial charge in [-0.25, -0.2) is 5.43 Å². The molecule has 2 aliphatic heterocycles. The van der Waals surface area contributed by atoms with Crippen molar-refractivity contribution in [2.45, 2.75) is 83.5 Å². The third-order valence-electron chi connectivity index (χ3n) is 7.75. The quantitative estimate of drug-likeness (QED) is 0.387. The lowest BCUT2D eigenvalue weighted by molar-refractivity contribution is -0.153. The summed E-state index contributed by atoms with van der Waals surface area (Å²) in [6.07, 6.45) is 10.3. The van der Waals surface area contributed by atoms with Gasteiger partial charge in [0.25, 0.3) is 5.91 Å². The number of phenols is 1. The number of benzene rings is 1. The number of hydrogen-bond donors (Lipinski definition) is 4. The van der Waals surface area contributed by atoms with Gasteiger partial charge in [-0.2, -0.15) is 0 Å². The minimum absolute atomic E-state index is 0.0351. The van der Waals surface area contributed by atoms with Crippen LogP contribution in [0.1, 0.15) is 58.4 Å². The van der Waals surface area contributed by atoms with Crippen LogP contribution in [-0.2, 0) is 35.1 Å². The average Bonchev–Trinajstić information content (AvgIpc) is 2.99. The number of phenolic OH excluding ortho intramolecular Hbond substituents is 1. The SMILES string of the molecule is CO[C@@H]1CC/C=C\C=C\CCOC(=O)[C@@H]2CCCN(N2)C(=O)[C@H](Cc2cccc(O)c2)NC(=O)[C@H](C(C)C)NC(=O)[C@@H]1C. The van der Waals surface area contributed by atoms with Gasteiger partial charge < -0.3 is 25.2 Å². The zero-order valence-electron chi connectivity index (χ0n) is 25.6. The van der Waals surface area contributed by atoms with Crippen molar-refractivity contribution in [3.63, 3.8) is 0 Å². The summed E-state index contributed by atoms with van der Waals surface area (Å²) < 4.78 is 11.1. The van der Waals surface area contributed by atoms with E-state index in [1.54, 1.807) is 26.2 Å². The van der Waals surface area contributed by atoms with E-state index in [0.29, 0.717) is 44.2 Å². The molecule has 3 amide bonds. The maximum atomic E-state index is 13.8. The van der Waals surface area contributed by atoms with Crippen molar-refractivity contribution in [2.24, 2.45) is 11.8 Å². The summed E-state index contributed by atoms with van der Waals surface area (Å²) in [5, 5.41) is 17.1. The third-order valence-corrected chi connectivity index (χ3v) is 7.75. The summed E-state index contributed by atoms with van der Waals surface area (Å²) in [7, 11) is 1.56. The molecule has 11 heteroatoms. The number of methoxy groups -OCH3 is 1. The highest BCUT2D eigenvalue weighted by Gasteiger charge is 2.36. The first-order chi connectivity index (χ1) is 20.6. The van der Waals surface area contributed by atoms with Gasteiger partial charge in [0.05, 0.1) is 18.6 Å². The smallest absolute Gasteiger partial charge is 0.324 e. The van der Waals surface area contributed by atoms with Gasteiger partial charge in [0.15, 0.2) is 0 Å². The summed E-state index contributed by atoms with van der Waals surface area (Å²) in [5.41, 5.74) is 3.62. The Morgan fingerprint density at radius 1 is 1.05 bits per heavy atom. The van der Waals surface area contributed by atoms with Crippen molar-refractivity contribution in [3.8, 4) is 5.75 Å². The lowest BCUT2D eigenvalue weighted by Crippen LogP contribution is -2.62. The number of ether oxygens (including phenoxy) is 2. The number of cyclic esters (lactones) is 1. The van der Waals surface area contributed by atoms with E-state index in [4.69, 9.17) is 9.47 Å². The molecule has 0 saturated carbocycles.